The molecule has 2 N–H and O–H groups in total. The van der Waals surface area contributed by atoms with Gasteiger partial charge in [-0.15, -0.1) is 0 Å². The van der Waals surface area contributed by atoms with Crippen molar-refractivity contribution >= 4 is 15.9 Å². The molecule has 1 atom stereocenters. The fourth-order valence-electron chi connectivity index (χ4n) is 2.34. The summed E-state index contributed by atoms with van der Waals surface area (Å²) < 4.78 is 6.23. The van der Waals surface area contributed by atoms with Crippen LogP contribution in [-0.2, 0) is 6.54 Å². The van der Waals surface area contributed by atoms with Crippen LogP contribution in [0.2, 0.25) is 0 Å². The summed E-state index contributed by atoms with van der Waals surface area (Å²) in [5.74, 6) is 0.874. The zero-order chi connectivity index (χ0) is 13.7. The minimum Gasteiger partial charge on any atom is -0.496 e. The van der Waals surface area contributed by atoms with E-state index in [1.165, 1.54) is 5.56 Å². The first kappa shape index (κ1) is 14.8. The molecule has 1 saturated heterocycles. The molecule has 0 amide bonds. The van der Waals surface area contributed by atoms with Crippen LogP contribution in [-0.4, -0.2) is 51.3 Å². The maximum Gasteiger partial charge on any atom is 0.133 e. The van der Waals surface area contributed by atoms with E-state index in [1.54, 1.807) is 7.11 Å². The third kappa shape index (κ3) is 4.45. The van der Waals surface area contributed by atoms with Crippen LogP contribution in [0.25, 0.3) is 0 Å². The van der Waals surface area contributed by atoms with Crippen molar-refractivity contribution in [3.63, 3.8) is 0 Å². The van der Waals surface area contributed by atoms with Gasteiger partial charge in [-0.05, 0) is 40.7 Å². The van der Waals surface area contributed by atoms with Gasteiger partial charge in [-0.25, -0.2) is 0 Å². The quantitative estimate of drug-likeness (QED) is 0.858. The Morgan fingerprint density at radius 3 is 3.05 bits per heavy atom. The van der Waals surface area contributed by atoms with Crippen LogP contribution in [0.3, 0.4) is 0 Å². The molecule has 0 saturated carbocycles. The number of nitrogens with zero attached hydrogens (tertiary/aromatic N) is 1. The Morgan fingerprint density at radius 2 is 2.37 bits per heavy atom. The molecular weight excluding hydrogens is 306 g/mol. The van der Waals surface area contributed by atoms with Crippen molar-refractivity contribution in [1.29, 1.82) is 0 Å². The zero-order valence-corrected chi connectivity index (χ0v) is 13.2. The molecule has 0 aromatic heterocycles. The van der Waals surface area contributed by atoms with Crippen LogP contribution in [0.1, 0.15) is 5.56 Å². The lowest BCUT2D eigenvalue weighted by Gasteiger charge is -2.31. The predicted molar refractivity (Wildman–Crippen MR) is 81.7 cm³/mol. The highest BCUT2D eigenvalue weighted by atomic mass is 79.9. The first-order valence-corrected chi connectivity index (χ1v) is 7.43. The Kier molecular flexibility index (Phi) is 5.63. The summed E-state index contributed by atoms with van der Waals surface area (Å²) in [7, 11) is 3.86. The Morgan fingerprint density at radius 1 is 1.53 bits per heavy atom. The highest BCUT2D eigenvalue weighted by Crippen LogP contribution is 2.25. The zero-order valence-electron chi connectivity index (χ0n) is 11.6. The molecule has 106 valence electrons. The van der Waals surface area contributed by atoms with E-state index < -0.39 is 0 Å². The summed E-state index contributed by atoms with van der Waals surface area (Å²) in [5, 5.41) is 7.04. The van der Waals surface area contributed by atoms with Gasteiger partial charge >= 0.3 is 0 Å². The van der Waals surface area contributed by atoms with Gasteiger partial charge in [0.1, 0.15) is 5.75 Å². The summed E-state index contributed by atoms with van der Waals surface area (Å²) in [6, 6.07) is 6.73. The normalized spacial score (nSPS) is 20.5. The van der Waals surface area contributed by atoms with Gasteiger partial charge in [-0.3, -0.25) is 0 Å². The van der Waals surface area contributed by atoms with Crippen molar-refractivity contribution in [1.82, 2.24) is 15.5 Å². The topological polar surface area (TPSA) is 36.5 Å². The third-order valence-corrected chi connectivity index (χ3v) is 4.01. The van der Waals surface area contributed by atoms with Crippen molar-refractivity contribution in [3.8, 4) is 5.75 Å². The molecule has 0 bridgehead atoms. The molecule has 1 aromatic rings. The first-order valence-electron chi connectivity index (χ1n) is 6.64. The minimum absolute atomic E-state index is 0.542. The van der Waals surface area contributed by atoms with Crippen LogP contribution in [0, 0.1) is 0 Å². The minimum atomic E-state index is 0.542. The lowest BCUT2D eigenvalue weighted by Crippen LogP contribution is -2.52. The average Bonchev–Trinajstić information content (AvgIpc) is 2.39. The van der Waals surface area contributed by atoms with Gasteiger partial charge in [0.25, 0.3) is 0 Å². The third-order valence-electron chi connectivity index (χ3n) is 3.39. The number of halogens is 1. The molecule has 0 radical (unpaired) electrons. The van der Waals surface area contributed by atoms with Gasteiger partial charge in [0, 0.05) is 38.8 Å². The van der Waals surface area contributed by atoms with Crippen LogP contribution >= 0.6 is 15.9 Å². The highest BCUT2D eigenvalue weighted by Gasteiger charge is 2.15. The van der Waals surface area contributed by atoms with Crippen LogP contribution in [0.4, 0.5) is 0 Å². The summed E-state index contributed by atoms with van der Waals surface area (Å²) >= 11 is 3.51. The molecule has 1 fully saturated rings. The summed E-state index contributed by atoms with van der Waals surface area (Å²) in [5.41, 5.74) is 1.26. The Labute approximate surface area is 123 Å². The van der Waals surface area contributed by atoms with Gasteiger partial charge < -0.3 is 20.3 Å². The SMILES string of the molecule is COc1ccc(CNCC2CN(C)CCN2)cc1Br. The standard InChI is InChI=1S/C14H22BrN3O/c1-18-6-5-17-12(10-18)9-16-8-11-3-4-14(19-2)13(15)7-11/h3-4,7,12,16-17H,5-6,8-10H2,1-2H3. The highest BCUT2D eigenvalue weighted by molar-refractivity contribution is 9.10. The Hall–Kier alpha value is -0.620. The van der Waals surface area contributed by atoms with Gasteiger partial charge in [0.2, 0.25) is 0 Å². The second kappa shape index (κ2) is 7.24. The lowest BCUT2D eigenvalue weighted by atomic mass is 10.2. The molecule has 2 rings (SSSR count). The molecule has 1 heterocycles. The van der Waals surface area contributed by atoms with Crippen LogP contribution in [0.5, 0.6) is 5.75 Å². The van der Waals surface area contributed by atoms with Crippen LogP contribution in [0.15, 0.2) is 22.7 Å². The Balaban J connectivity index is 1.77. The second-order valence-corrected chi connectivity index (χ2v) is 5.87. The van der Waals surface area contributed by atoms with Gasteiger partial charge in [0.15, 0.2) is 0 Å². The van der Waals surface area contributed by atoms with E-state index >= 15 is 0 Å². The maximum absolute atomic E-state index is 5.23. The van der Waals surface area contributed by atoms with Crippen molar-refractivity contribution < 1.29 is 4.74 Å². The number of benzene rings is 1. The fourth-order valence-corrected chi connectivity index (χ4v) is 2.93. The number of hydrogen-bond donors (Lipinski definition) is 2. The van der Waals surface area contributed by atoms with E-state index in [0.29, 0.717) is 6.04 Å². The number of ether oxygens (including phenoxy) is 1. The Bertz CT molecular complexity index is 414. The number of nitrogens with one attached hydrogen (secondary N) is 2. The van der Waals surface area contributed by atoms with Crippen LogP contribution < -0.4 is 15.4 Å². The number of likely N-dealkylation sites (N-methyl/N-ethyl adjacent to an activating group) is 1. The molecule has 0 spiro atoms. The van der Waals surface area contributed by atoms with Gasteiger partial charge in [-0.2, -0.15) is 0 Å². The number of rotatable bonds is 5. The lowest BCUT2D eigenvalue weighted by molar-refractivity contribution is 0.235. The molecule has 19 heavy (non-hydrogen) atoms. The van der Waals surface area contributed by atoms with E-state index in [-0.39, 0.29) is 0 Å². The van der Waals surface area contributed by atoms with E-state index in [4.69, 9.17) is 4.74 Å². The van der Waals surface area contributed by atoms with E-state index in [0.717, 1.165) is 42.9 Å². The molecule has 0 aliphatic carbocycles. The van der Waals surface area contributed by atoms with E-state index in [9.17, 15) is 0 Å². The molecule has 1 aliphatic rings. The summed E-state index contributed by atoms with van der Waals surface area (Å²) in [6.07, 6.45) is 0. The smallest absolute Gasteiger partial charge is 0.133 e. The number of hydrogen-bond acceptors (Lipinski definition) is 4. The summed E-state index contributed by atoms with van der Waals surface area (Å²) in [6.45, 7) is 5.21. The second-order valence-electron chi connectivity index (χ2n) is 5.01. The van der Waals surface area contributed by atoms with Gasteiger partial charge in [-0.1, -0.05) is 6.07 Å². The largest absolute Gasteiger partial charge is 0.496 e. The number of piperazine rings is 1. The van der Waals surface area contributed by atoms with Gasteiger partial charge in [0.05, 0.1) is 11.6 Å². The van der Waals surface area contributed by atoms with E-state index in [2.05, 4.69) is 50.6 Å². The van der Waals surface area contributed by atoms with Crippen molar-refractivity contribution in [2.75, 3.05) is 40.3 Å². The van der Waals surface area contributed by atoms with Crippen molar-refractivity contribution in [2.45, 2.75) is 12.6 Å². The monoisotopic (exact) mass is 327 g/mol. The molecule has 1 aliphatic heterocycles. The van der Waals surface area contributed by atoms with Crippen molar-refractivity contribution in [3.05, 3.63) is 28.2 Å². The average molecular weight is 328 g/mol. The maximum atomic E-state index is 5.23. The molecule has 5 heteroatoms. The predicted octanol–water partition coefficient (Wildman–Crippen LogP) is 1.45. The molecular formula is C14H22BrN3O. The van der Waals surface area contributed by atoms with Crippen molar-refractivity contribution in [2.24, 2.45) is 0 Å². The molecule has 4 nitrogen and oxygen atoms in total. The number of methoxy groups -OCH3 is 1. The summed E-state index contributed by atoms with van der Waals surface area (Å²) in [4.78, 5) is 2.37. The molecule has 1 aromatic carbocycles. The fraction of sp³-hybridized carbons (Fsp3) is 0.571. The molecule has 1 unspecified atom stereocenters. The van der Waals surface area contributed by atoms with E-state index in [1.807, 2.05) is 6.07 Å². The first-order chi connectivity index (χ1) is 9.19.